The van der Waals surface area contributed by atoms with E-state index >= 15 is 0 Å². The second-order valence-corrected chi connectivity index (χ2v) is 7.64. The summed E-state index contributed by atoms with van der Waals surface area (Å²) in [5.74, 6) is -1.39. The molecule has 3 aromatic rings. The van der Waals surface area contributed by atoms with E-state index in [1.807, 2.05) is 13.0 Å². The van der Waals surface area contributed by atoms with Crippen molar-refractivity contribution in [2.24, 2.45) is 0 Å². The fourth-order valence-corrected chi connectivity index (χ4v) is 4.07. The summed E-state index contributed by atoms with van der Waals surface area (Å²) in [5.41, 5.74) is 2.04. The number of rotatable bonds is 5. The van der Waals surface area contributed by atoms with E-state index < -0.39 is 23.5 Å². The van der Waals surface area contributed by atoms with Crippen LogP contribution in [0.25, 0.3) is 5.76 Å². The number of aliphatic hydroxyl groups is 1. The van der Waals surface area contributed by atoms with Crippen LogP contribution in [0.15, 0.2) is 72.3 Å². The summed E-state index contributed by atoms with van der Waals surface area (Å²) < 4.78 is 10.8. The molecule has 1 unspecified atom stereocenters. The van der Waals surface area contributed by atoms with Gasteiger partial charge in [-0.3, -0.25) is 14.5 Å². The number of ether oxygens (including phenoxy) is 2. The van der Waals surface area contributed by atoms with Gasteiger partial charge in [0.05, 0.1) is 25.8 Å². The molecule has 0 aromatic heterocycles. The first-order valence-electron chi connectivity index (χ1n) is 10.2. The third-order valence-corrected chi connectivity index (χ3v) is 5.60. The molecule has 0 spiro atoms. The largest absolute Gasteiger partial charge is 0.508 e. The third-order valence-electron chi connectivity index (χ3n) is 5.60. The molecule has 1 saturated heterocycles. The molecule has 4 rings (SSSR count). The number of anilines is 1. The molecular weight excluding hydrogens is 422 g/mol. The van der Waals surface area contributed by atoms with Gasteiger partial charge in [-0.05, 0) is 54.4 Å². The number of methoxy groups -OCH3 is 2. The van der Waals surface area contributed by atoms with E-state index in [0.29, 0.717) is 11.3 Å². The van der Waals surface area contributed by atoms with Gasteiger partial charge in [-0.2, -0.15) is 0 Å². The lowest BCUT2D eigenvalue weighted by Gasteiger charge is -2.26. The van der Waals surface area contributed by atoms with Crippen molar-refractivity contribution in [2.45, 2.75) is 13.0 Å². The van der Waals surface area contributed by atoms with Crippen LogP contribution in [0.4, 0.5) is 5.69 Å². The van der Waals surface area contributed by atoms with Gasteiger partial charge in [0, 0.05) is 5.69 Å². The molecular formula is C26H23NO6. The molecule has 0 aliphatic carbocycles. The predicted molar refractivity (Wildman–Crippen MR) is 124 cm³/mol. The van der Waals surface area contributed by atoms with Gasteiger partial charge >= 0.3 is 0 Å². The van der Waals surface area contributed by atoms with Gasteiger partial charge in [-0.15, -0.1) is 0 Å². The molecule has 1 fully saturated rings. The Morgan fingerprint density at radius 2 is 1.52 bits per heavy atom. The zero-order chi connectivity index (χ0) is 23.7. The van der Waals surface area contributed by atoms with Crippen LogP contribution in [0.1, 0.15) is 22.7 Å². The number of carbonyl (C=O) groups is 2. The summed E-state index contributed by atoms with van der Waals surface area (Å²) in [4.78, 5) is 27.9. The maximum atomic E-state index is 13.3. The fraction of sp³-hybridized carbons (Fsp3) is 0.154. The molecule has 168 valence electrons. The number of Topliss-reactive ketones (excluding diaryl/α,β-unsaturated/α-hetero) is 1. The normalized spacial score (nSPS) is 17.3. The number of benzene rings is 3. The van der Waals surface area contributed by atoms with Gasteiger partial charge in [-0.1, -0.05) is 30.3 Å². The molecule has 0 saturated carbocycles. The van der Waals surface area contributed by atoms with Gasteiger partial charge in [0.1, 0.15) is 28.6 Å². The third kappa shape index (κ3) is 3.78. The number of ketones is 1. The minimum absolute atomic E-state index is 0.0395. The van der Waals surface area contributed by atoms with Gasteiger partial charge < -0.3 is 19.7 Å². The first kappa shape index (κ1) is 22.0. The van der Waals surface area contributed by atoms with Crippen LogP contribution < -0.4 is 14.4 Å². The van der Waals surface area contributed by atoms with Crippen LogP contribution in [0.3, 0.4) is 0 Å². The first-order valence-corrected chi connectivity index (χ1v) is 10.2. The molecule has 7 nitrogen and oxygen atoms in total. The average Bonchev–Trinajstić information content (AvgIpc) is 3.09. The van der Waals surface area contributed by atoms with Crippen LogP contribution in [-0.2, 0) is 9.59 Å². The highest BCUT2D eigenvalue weighted by Gasteiger charge is 2.47. The first-order chi connectivity index (χ1) is 15.9. The summed E-state index contributed by atoms with van der Waals surface area (Å²) in [6.45, 7) is 1.88. The number of aryl methyl sites for hydroxylation is 1. The van der Waals surface area contributed by atoms with E-state index in [1.54, 1.807) is 48.5 Å². The molecule has 0 bridgehead atoms. The van der Waals surface area contributed by atoms with Gasteiger partial charge in [0.15, 0.2) is 0 Å². The number of aliphatic hydroxyl groups excluding tert-OH is 1. The number of phenolic OH excluding ortho intramolecular Hbond substituents is 1. The number of hydrogen-bond acceptors (Lipinski definition) is 6. The van der Waals surface area contributed by atoms with Crippen LogP contribution in [0.2, 0.25) is 0 Å². The summed E-state index contributed by atoms with van der Waals surface area (Å²) in [6, 6.07) is 17.4. The molecule has 0 radical (unpaired) electrons. The highest BCUT2D eigenvalue weighted by atomic mass is 16.5. The number of amides is 1. The van der Waals surface area contributed by atoms with Crippen LogP contribution in [-0.4, -0.2) is 36.1 Å². The summed E-state index contributed by atoms with van der Waals surface area (Å²) in [7, 11) is 2.88. The number of nitrogens with zero attached hydrogens (tertiary/aromatic N) is 1. The highest BCUT2D eigenvalue weighted by molar-refractivity contribution is 6.51. The smallest absolute Gasteiger partial charge is 0.300 e. The molecule has 1 heterocycles. The lowest BCUT2D eigenvalue weighted by Crippen LogP contribution is -2.29. The maximum Gasteiger partial charge on any atom is 0.300 e. The van der Waals surface area contributed by atoms with E-state index in [9.17, 15) is 19.8 Å². The second-order valence-electron chi connectivity index (χ2n) is 7.64. The lowest BCUT2D eigenvalue weighted by molar-refractivity contribution is -0.132. The van der Waals surface area contributed by atoms with E-state index in [4.69, 9.17) is 9.47 Å². The summed E-state index contributed by atoms with van der Waals surface area (Å²) in [5, 5.41) is 21.2. The Kier molecular flexibility index (Phi) is 5.79. The van der Waals surface area contributed by atoms with Crippen molar-refractivity contribution in [1.29, 1.82) is 0 Å². The molecule has 1 atom stereocenters. The number of phenols is 1. The van der Waals surface area contributed by atoms with E-state index in [1.165, 1.54) is 31.3 Å². The standard InChI is InChI=1S/C26H23NO6/c1-15-6-4-7-17(14-15)27-23(16-10-12-18(28)13-11-16)22(25(30)26(27)31)24(29)21-19(32-2)8-5-9-20(21)33-3/h4-14,23,28-29H,1-3H3/b24-22+. The van der Waals surface area contributed by atoms with Crippen molar-refractivity contribution in [3.05, 3.63) is 89.0 Å². The predicted octanol–water partition coefficient (Wildman–Crippen LogP) is 4.34. The molecule has 33 heavy (non-hydrogen) atoms. The Hall–Kier alpha value is -4.26. The Bertz CT molecular complexity index is 1240. The quantitative estimate of drug-likeness (QED) is 0.345. The minimum atomic E-state index is -0.929. The molecule has 1 aliphatic heterocycles. The number of carbonyl (C=O) groups excluding carboxylic acids is 2. The van der Waals surface area contributed by atoms with Gasteiger partial charge in [-0.25, -0.2) is 0 Å². The lowest BCUT2D eigenvalue weighted by atomic mass is 9.94. The van der Waals surface area contributed by atoms with Crippen molar-refractivity contribution in [3.8, 4) is 17.2 Å². The fourth-order valence-electron chi connectivity index (χ4n) is 4.07. The molecule has 1 amide bonds. The number of hydrogen-bond donors (Lipinski definition) is 2. The van der Waals surface area contributed by atoms with E-state index in [0.717, 1.165) is 5.56 Å². The molecule has 7 heteroatoms. The Morgan fingerprint density at radius 1 is 0.909 bits per heavy atom. The monoisotopic (exact) mass is 445 g/mol. The molecule has 3 aromatic carbocycles. The van der Waals surface area contributed by atoms with Gasteiger partial charge in [0.25, 0.3) is 11.7 Å². The van der Waals surface area contributed by atoms with E-state index in [-0.39, 0.29) is 28.4 Å². The summed E-state index contributed by atoms with van der Waals surface area (Å²) in [6.07, 6.45) is 0. The van der Waals surface area contributed by atoms with Gasteiger partial charge in [0.2, 0.25) is 0 Å². The van der Waals surface area contributed by atoms with Crippen LogP contribution in [0.5, 0.6) is 17.2 Å². The van der Waals surface area contributed by atoms with Crippen molar-refractivity contribution in [3.63, 3.8) is 0 Å². The van der Waals surface area contributed by atoms with Crippen molar-refractivity contribution >= 4 is 23.1 Å². The van der Waals surface area contributed by atoms with Crippen molar-refractivity contribution < 1.29 is 29.3 Å². The minimum Gasteiger partial charge on any atom is -0.508 e. The topological polar surface area (TPSA) is 96.3 Å². The Labute approximate surface area is 191 Å². The van der Waals surface area contributed by atoms with Crippen LogP contribution in [0, 0.1) is 6.92 Å². The van der Waals surface area contributed by atoms with Crippen molar-refractivity contribution in [2.75, 3.05) is 19.1 Å². The number of aromatic hydroxyl groups is 1. The maximum absolute atomic E-state index is 13.3. The Balaban J connectivity index is 2.01. The zero-order valence-electron chi connectivity index (χ0n) is 18.4. The van der Waals surface area contributed by atoms with Crippen molar-refractivity contribution in [1.82, 2.24) is 0 Å². The van der Waals surface area contributed by atoms with E-state index in [2.05, 4.69) is 0 Å². The zero-order valence-corrected chi connectivity index (χ0v) is 18.4. The highest BCUT2D eigenvalue weighted by Crippen LogP contribution is 2.45. The summed E-state index contributed by atoms with van der Waals surface area (Å²) >= 11 is 0. The second kappa shape index (κ2) is 8.70. The van der Waals surface area contributed by atoms with Crippen LogP contribution >= 0.6 is 0 Å². The molecule has 2 N–H and O–H groups in total. The molecule has 1 aliphatic rings. The Morgan fingerprint density at radius 3 is 2.09 bits per heavy atom. The SMILES string of the molecule is COc1cccc(OC)c1/C(O)=C1\C(=O)C(=O)N(c2cccc(C)c2)C1c1ccc(O)cc1. The average molecular weight is 445 g/mol.